The Morgan fingerprint density at radius 3 is 2.64 bits per heavy atom. The van der Waals surface area contributed by atoms with E-state index in [1.807, 2.05) is 48.5 Å². The highest BCUT2D eigenvalue weighted by Crippen LogP contribution is 2.36. The van der Waals surface area contributed by atoms with Crippen LogP contribution >= 0.6 is 11.8 Å². The number of hydrogen-bond donors (Lipinski definition) is 3. The molecule has 33 heavy (non-hydrogen) atoms. The minimum Gasteiger partial charge on any atom is -0.326 e. The summed E-state index contributed by atoms with van der Waals surface area (Å²) in [5.41, 5.74) is 3.69. The van der Waals surface area contributed by atoms with Gasteiger partial charge in [-0.05, 0) is 55.7 Å². The first-order chi connectivity index (χ1) is 16.1. The summed E-state index contributed by atoms with van der Waals surface area (Å²) < 4.78 is 0. The number of para-hydroxylation sites is 1. The highest BCUT2D eigenvalue weighted by atomic mass is 32.2. The van der Waals surface area contributed by atoms with Gasteiger partial charge in [-0.25, -0.2) is 4.98 Å². The van der Waals surface area contributed by atoms with Crippen LogP contribution < -0.4 is 10.9 Å². The molecule has 2 aromatic heterocycles. The molecule has 0 unspecified atom stereocenters. The molecular formula is C26H26N4O2S. The Morgan fingerprint density at radius 1 is 1.12 bits per heavy atom. The molecule has 2 heterocycles. The molecule has 6 nitrogen and oxygen atoms in total. The summed E-state index contributed by atoms with van der Waals surface area (Å²) in [7, 11) is 0. The number of carbonyl (C=O) groups is 1. The van der Waals surface area contributed by atoms with Gasteiger partial charge in [-0.1, -0.05) is 49.7 Å². The average Bonchev–Trinajstić information content (AvgIpc) is 3.14. The van der Waals surface area contributed by atoms with Crippen LogP contribution in [-0.4, -0.2) is 21.1 Å². The van der Waals surface area contributed by atoms with Crippen LogP contribution in [0.3, 0.4) is 0 Å². The van der Waals surface area contributed by atoms with E-state index in [-0.39, 0.29) is 17.4 Å². The summed E-state index contributed by atoms with van der Waals surface area (Å²) in [6.45, 7) is 2.09. The van der Waals surface area contributed by atoms with Crippen molar-refractivity contribution in [3.63, 3.8) is 0 Å². The zero-order chi connectivity index (χ0) is 22.8. The summed E-state index contributed by atoms with van der Waals surface area (Å²) in [4.78, 5) is 31.7. The fourth-order valence-corrected chi connectivity index (χ4v) is 5.09. The molecule has 4 aromatic rings. The molecule has 7 heteroatoms. The van der Waals surface area contributed by atoms with E-state index in [1.165, 1.54) is 0 Å². The zero-order valence-electron chi connectivity index (χ0n) is 18.5. The second kappa shape index (κ2) is 9.27. The summed E-state index contributed by atoms with van der Waals surface area (Å²) in [6, 6.07) is 17.9. The quantitative estimate of drug-likeness (QED) is 0.328. The van der Waals surface area contributed by atoms with E-state index >= 15 is 0 Å². The van der Waals surface area contributed by atoms with Crippen molar-refractivity contribution in [2.45, 2.75) is 48.8 Å². The van der Waals surface area contributed by atoms with Crippen LogP contribution in [0.2, 0.25) is 0 Å². The first-order valence-corrected chi connectivity index (χ1v) is 12.2. The normalized spacial score (nSPS) is 13.7. The maximum atomic E-state index is 12.6. The minimum absolute atomic E-state index is 0.117. The monoisotopic (exact) mass is 458 g/mol. The second-order valence-electron chi connectivity index (χ2n) is 8.45. The lowest BCUT2D eigenvalue weighted by molar-refractivity contribution is -0.122. The summed E-state index contributed by atoms with van der Waals surface area (Å²) in [6.07, 6.45) is 4.82. The van der Waals surface area contributed by atoms with Crippen molar-refractivity contribution in [3.05, 3.63) is 70.6 Å². The number of hydrogen-bond acceptors (Lipinski definition) is 4. The van der Waals surface area contributed by atoms with E-state index in [0.29, 0.717) is 11.3 Å². The van der Waals surface area contributed by atoms with Crippen molar-refractivity contribution in [2.24, 2.45) is 5.92 Å². The molecule has 0 saturated heterocycles. The van der Waals surface area contributed by atoms with E-state index in [4.69, 9.17) is 4.98 Å². The Balaban J connectivity index is 1.46. The van der Waals surface area contributed by atoms with Crippen molar-refractivity contribution < 1.29 is 4.79 Å². The molecule has 0 bridgehead atoms. The van der Waals surface area contributed by atoms with Crippen LogP contribution in [0.15, 0.2) is 69.2 Å². The van der Waals surface area contributed by atoms with Crippen LogP contribution in [0.25, 0.3) is 22.2 Å². The standard InChI is InChI=1S/C26H26N4O2S/c1-2-6-21-24(26(32)30-29-21)22-15-23(19-9-3-4-10-20(19)28-22)33-18-13-11-17(12-14-18)27-25(31)16-7-5-8-16/h3-4,9-16H,2,5-8H2,1H3,(H,27,31)(H2,29,30,32). The Kier molecular flexibility index (Phi) is 6.05. The molecule has 5 rings (SSSR count). The fraction of sp³-hybridized carbons (Fsp3) is 0.269. The first kappa shape index (κ1) is 21.5. The van der Waals surface area contributed by atoms with Gasteiger partial charge in [0.05, 0.1) is 16.8 Å². The lowest BCUT2D eigenvalue weighted by atomic mass is 9.85. The van der Waals surface area contributed by atoms with Gasteiger partial charge in [-0.15, -0.1) is 0 Å². The molecule has 168 valence electrons. The fourth-order valence-electron chi connectivity index (χ4n) is 4.11. The molecule has 1 aliphatic carbocycles. The number of fused-ring (bicyclic) bond motifs is 1. The van der Waals surface area contributed by atoms with Crippen molar-refractivity contribution in [3.8, 4) is 11.3 Å². The van der Waals surface area contributed by atoms with Crippen molar-refractivity contribution in [2.75, 3.05) is 5.32 Å². The minimum atomic E-state index is -0.149. The Labute approximate surface area is 196 Å². The van der Waals surface area contributed by atoms with Crippen molar-refractivity contribution in [1.29, 1.82) is 0 Å². The predicted octanol–water partition coefficient (Wildman–Crippen LogP) is 5.76. The number of benzene rings is 2. The van der Waals surface area contributed by atoms with Crippen molar-refractivity contribution >= 4 is 34.3 Å². The first-order valence-electron chi connectivity index (χ1n) is 11.4. The topological polar surface area (TPSA) is 90.6 Å². The zero-order valence-corrected chi connectivity index (χ0v) is 19.3. The Hall–Kier alpha value is -3.32. The summed E-state index contributed by atoms with van der Waals surface area (Å²) in [5, 5.41) is 9.78. The molecule has 2 aromatic carbocycles. The van der Waals surface area contributed by atoms with E-state index in [1.54, 1.807) is 11.8 Å². The number of amides is 1. The molecule has 0 spiro atoms. The molecule has 1 aliphatic rings. The van der Waals surface area contributed by atoms with Crippen molar-refractivity contribution in [1.82, 2.24) is 15.2 Å². The lowest BCUT2D eigenvalue weighted by Gasteiger charge is -2.24. The molecule has 0 aliphatic heterocycles. The average molecular weight is 459 g/mol. The van der Waals surface area contributed by atoms with Crippen LogP contribution in [0.5, 0.6) is 0 Å². The van der Waals surface area contributed by atoms with Gasteiger partial charge >= 0.3 is 0 Å². The summed E-state index contributed by atoms with van der Waals surface area (Å²) >= 11 is 1.63. The van der Waals surface area contributed by atoms with Gasteiger partial charge in [0.25, 0.3) is 5.56 Å². The number of pyridine rings is 1. The van der Waals surface area contributed by atoms with E-state index in [9.17, 15) is 9.59 Å². The number of aryl methyl sites for hydroxylation is 1. The number of carbonyl (C=O) groups excluding carboxylic acids is 1. The lowest BCUT2D eigenvalue weighted by Crippen LogP contribution is -2.27. The van der Waals surface area contributed by atoms with E-state index in [0.717, 1.165) is 64.2 Å². The van der Waals surface area contributed by atoms with E-state index in [2.05, 4.69) is 28.5 Å². The highest BCUT2D eigenvalue weighted by molar-refractivity contribution is 7.99. The second-order valence-corrected chi connectivity index (χ2v) is 9.56. The van der Waals surface area contributed by atoms with Gasteiger partial charge in [-0.3, -0.25) is 14.7 Å². The molecule has 1 saturated carbocycles. The maximum Gasteiger partial charge on any atom is 0.273 e. The largest absolute Gasteiger partial charge is 0.326 e. The van der Waals surface area contributed by atoms with Crippen LogP contribution in [-0.2, 0) is 11.2 Å². The third-order valence-corrected chi connectivity index (χ3v) is 7.18. The third-order valence-electron chi connectivity index (χ3n) is 6.12. The predicted molar refractivity (Wildman–Crippen MR) is 133 cm³/mol. The molecule has 1 amide bonds. The number of nitrogens with one attached hydrogen (secondary N) is 3. The molecule has 3 N–H and O–H groups in total. The van der Waals surface area contributed by atoms with Crippen LogP contribution in [0, 0.1) is 5.92 Å². The number of aromatic nitrogens is 3. The summed E-state index contributed by atoms with van der Waals surface area (Å²) in [5.74, 6) is 0.279. The number of anilines is 1. The number of rotatable bonds is 7. The molecule has 0 radical (unpaired) electrons. The molecular weight excluding hydrogens is 432 g/mol. The van der Waals surface area contributed by atoms with Gasteiger partial charge in [0.15, 0.2) is 0 Å². The smallest absolute Gasteiger partial charge is 0.273 e. The van der Waals surface area contributed by atoms with Gasteiger partial charge in [0.1, 0.15) is 0 Å². The Bertz CT molecular complexity index is 1350. The molecule has 0 atom stereocenters. The van der Waals surface area contributed by atoms with Crippen LogP contribution in [0.4, 0.5) is 5.69 Å². The number of H-pyrrole nitrogens is 2. The maximum absolute atomic E-state index is 12.6. The van der Waals surface area contributed by atoms with Gasteiger partial charge in [-0.2, -0.15) is 0 Å². The number of nitrogens with zero attached hydrogens (tertiary/aromatic N) is 1. The van der Waals surface area contributed by atoms with E-state index < -0.39 is 0 Å². The van der Waals surface area contributed by atoms with Crippen LogP contribution in [0.1, 0.15) is 38.3 Å². The Morgan fingerprint density at radius 2 is 1.91 bits per heavy atom. The van der Waals surface area contributed by atoms with Gasteiger partial charge in [0.2, 0.25) is 5.91 Å². The number of aromatic amines is 2. The molecule has 1 fully saturated rings. The SMILES string of the molecule is CCCc1[nH][nH]c(=O)c1-c1cc(Sc2ccc(NC(=O)C3CCC3)cc2)c2ccccc2n1. The third kappa shape index (κ3) is 4.46. The highest BCUT2D eigenvalue weighted by Gasteiger charge is 2.25. The van der Waals surface area contributed by atoms with Gasteiger partial charge < -0.3 is 10.4 Å². The van der Waals surface area contributed by atoms with Gasteiger partial charge in [0, 0.05) is 32.5 Å².